The molecule has 3 aliphatic rings. The van der Waals surface area contributed by atoms with Crippen LogP contribution < -0.4 is 10.2 Å². The van der Waals surface area contributed by atoms with Crippen LogP contribution in [0.1, 0.15) is 44.6 Å². The molecule has 0 unspecified atom stereocenters. The van der Waals surface area contributed by atoms with Gasteiger partial charge in [-0.15, -0.1) is 0 Å². The molecule has 6 nitrogen and oxygen atoms in total. The number of aromatic nitrogens is 1. The average Bonchev–Trinajstić information content (AvgIpc) is 3.68. The number of anilines is 1. The predicted octanol–water partition coefficient (Wildman–Crippen LogP) is 3.95. The molecule has 3 fully saturated rings. The highest BCUT2D eigenvalue weighted by Gasteiger charge is 2.42. The standard InChI is InChI=1S/C26H31F2N5O/c1-26(27,28)19-13-20(31-25(34)17-8-11-32(12-9-17)21-5-6-21)16-33(15-19)23-7-4-18(14-29)24-22(23)3-2-10-30-24/h2-4,7,10,17,19-21H,5-6,8-9,11-13,15-16H2,1H3,(H,31,34)/t19-,20+/m0/s1. The van der Waals surface area contributed by atoms with Crippen molar-refractivity contribution in [1.82, 2.24) is 15.2 Å². The molecule has 3 heterocycles. The SMILES string of the molecule is CC(F)(F)[C@H]1C[C@@H](NC(=O)C2CCN(C3CC3)CC2)CN(c2ccc(C#N)c3ncccc23)C1. The summed E-state index contributed by atoms with van der Waals surface area (Å²) in [6, 6.07) is 9.67. The minimum Gasteiger partial charge on any atom is -0.368 e. The number of fused-ring (bicyclic) bond motifs is 1. The topological polar surface area (TPSA) is 72.3 Å². The molecule has 8 heteroatoms. The third kappa shape index (κ3) is 4.72. The number of nitrogens with one attached hydrogen (secondary N) is 1. The molecule has 1 saturated carbocycles. The van der Waals surface area contributed by atoms with E-state index in [0.717, 1.165) is 43.9 Å². The van der Waals surface area contributed by atoms with Crippen molar-refractivity contribution < 1.29 is 13.6 Å². The molecule has 2 atom stereocenters. The number of halogens is 2. The molecule has 2 saturated heterocycles. The van der Waals surface area contributed by atoms with Crippen LogP contribution in [0.15, 0.2) is 30.5 Å². The number of pyridine rings is 1. The molecule has 0 bridgehead atoms. The van der Waals surface area contributed by atoms with Gasteiger partial charge in [-0.25, -0.2) is 8.78 Å². The lowest BCUT2D eigenvalue weighted by atomic mass is 9.88. The summed E-state index contributed by atoms with van der Waals surface area (Å²) < 4.78 is 29.0. The number of rotatable bonds is 5. The van der Waals surface area contributed by atoms with E-state index < -0.39 is 11.8 Å². The van der Waals surface area contributed by atoms with Crippen LogP contribution in [0, 0.1) is 23.2 Å². The van der Waals surface area contributed by atoms with Gasteiger partial charge in [-0.1, -0.05) is 0 Å². The van der Waals surface area contributed by atoms with Gasteiger partial charge in [-0.05, 0) is 76.4 Å². The number of nitrogens with zero attached hydrogens (tertiary/aromatic N) is 4. The Balaban J connectivity index is 1.35. The number of piperidine rings is 2. The number of alkyl halides is 2. The van der Waals surface area contributed by atoms with E-state index in [-0.39, 0.29) is 30.8 Å². The first-order valence-corrected chi connectivity index (χ1v) is 12.3. The molecule has 2 aromatic rings. The van der Waals surface area contributed by atoms with Crippen LogP contribution in [0.4, 0.5) is 14.5 Å². The van der Waals surface area contributed by atoms with Gasteiger partial charge in [0.2, 0.25) is 11.8 Å². The minimum atomic E-state index is -2.86. The fraction of sp³-hybridized carbons (Fsp3) is 0.577. The zero-order valence-electron chi connectivity index (χ0n) is 19.5. The van der Waals surface area contributed by atoms with Crippen LogP contribution in [0.2, 0.25) is 0 Å². The van der Waals surface area contributed by atoms with E-state index >= 15 is 0 Å². The van der Waals surface area contributed by atoms with Gasteiger partial charge in [0.1, 0.15) is 6.07 Å². The summed E-state index contributed by atoms with van der Waals surface area (Å²) in [5.74, 6) is -3.80. The summed E-state index contributed by atoms with van der Waals surface area (Å²) in [7, 11) is 0. The number of amides is 1. The molecule has 1 amide bonds. The quantitative estimate of drug-likeness (QED) is 0.721. The lowest BCUT2D eigenvalue weighted by Gasteiger charge is -2.42. The van der Waals surface area contributed by atoms with E-state index in [9.17, 15) is 18.8 Å². The van der Waals surface area contributed by atoms with E-state index in [1.807, 2.05) is 17.0 Å². The first-order chi connectivity index (χ1) is 16.3. The smallest absolute Gasteiger partial charge is 0.249 e. The number of nitriles is 1. The molecule has 34 heavy (non-hydrogen) atoms. The lowest BCUT2D eigenvalue weighted by molar-refractivity contribution is -0.128. The third-order valence-corrected chi connectivity index (χ3v) is 7.69. The van der Waals surface area contributed by atoms with Crippen LogP contribution in [0.5, 0.6) is 0 Å². The summed E-state index contributed by atoms with van der Waals surface area (Å²) in [4.78, 5) is 21.8. The fourth-order valence-corrected chi connectivity index (χ4v) is 5.58. The Hall–Kier alpha value is -2.79. The highest BCUT2D eigenvalue weighted by Crippen LogP contribution is 2.37. The average molecular weight is 468 g/mol. The monoisotopic (exact) mass is 467 g/mol. The lowest BCUT2D eigenvalue weighted by Crippen LogP contribution is -2.55. The number of likely N-dealkylation sites (tertiary alicyclic amines) is 1. The van der Waals surface area contributed by atoms with Crippen LogP contribution >= 0.6 is 0 Å². The Kier molecular flexibility index (Phi) is 6.15. The first kappa shape index (κ1) is 23.0. The number of carbonyl (C=O) groups is 1. The summed E-state index contributed by atoms with van der Waals surface area (Å²) in [6.07, 6.45) is 6.07. The molecule has 1 aromatic carbocycles. The molecule has 2 aliphatic heterocycles. The molecule has 1 aliphatic carbocycles. The summed E-state index contributed by atoms with van der Waals surface area (Å²) >= 11 is 0. The maximum atomic E-state index is 14.5. The maximum Gasteiger partial charge on any atom is 0.249 e. The molecule has 180 valence electrons. The highest BCUT2D eigenvalue weighted by atomic mass is 19.3. The second-order valence-electron chi connectivity index (χ2n) is 10.2. The van der Waals surface area contributed by atoms with Crippen LogP contribution in [0.25, 0.3) is 10.9 Å². The Bertz CT molecular complexity index is 1100. The van der Waals surface area contributed by atoms with Crippen molar-refractivity contribution in [2.45, 2.75) is 57.0 Å². The predicted molar refractivity (Wildman–Crippen MR) is 127 cm³/mol. The van der Waals surface area contributed by atoms with Crippen LogP contribution in [0.3, 0.4) is 0 Å². The van der Waals surface area contributed by atoms with E-state index in [1.54, 1.807) is 18.3 Å². The van der Waals surface area contributed by atoms with Gasteiger partial charge in [-0.3, -0.25) is 9.78 Å². The molecule has 1 aromatic heterocycles. The summed E-state index contributed by atoms with van der Waals surface area (Å²) in [6.45, 7) is 3.49. The second kappa shape index (κ2) is 9.10. The maximum absolute atomic E-state index is 14.5. The van der Waals surface area contributed by atoms with Crippen molar-refractivity contribution in [2.24, 2.45) is 11.8 Å². The summed E-state index contributed by atoms with van der Waals surface area (Å²) in [5.41, 5.74) is 1.79. The van der Waals surface area contributed by atoms with Gasteiger partial charge >= 0.3 is 0 Å². The van der Waals surface area contributed by atoms with Gasteiger partial charge in [0.15, 0.2) is 0 Å². The Morgan fingerprint density at radius 2 is 1.94 bits per heavy atom. The van der Waals surface area contributed by atoms with Crippen molar-refractivity contribution in [3.63, 3.8) is 0 Å². The van der Waals surface area contributed by atoms with Crippen molar-refractivity contribution in [1.29, 1.82) is 5.26 Å². The minimum absolute atomic E-state index is 0.00757. The van der Waals surface area contributed by atoms with Gasteiger partial charge in [0, 0.05) is 54.3 Å². The van der Waals surface area contributed by atoms with Gasteiger partial charge < -0.3 is 15.1 Å². The third-order valence-electron chi connectivity index (χ3n) is 7.69. The van der Waals surface area contributed by atoms with Crippen LogP contribution in [-0.2, 0) is 4.79 Å². The number of carbonyl (C=O) groups excluding carboxylic acids is 1. The number of benzene rings is 1. The Morgan fingerprint density at radius 3 is 2.62 bits per heavy atom. The van der Waals surface area contributed by atoms with E-state index in [0.29, 0.717) is 23.7 Å². The van der Waals surface area contributed by atoms with E-state index in [4.69, 9.17) is 0 Å². The van der Waals surface area contributed by atoms with Crippen LogP contribution in [-0.4, -0.2) is 60.0 Å². The highest BCUT2D eigenvalue weighted by molar-refractivity contribution is 5.95. The molecule has 1 N–H and O–H groups in total. The van der Waals surface area contributed by atoms with E-state index in [2.05, 4.69) is 21.3 Å². The normalized spacial score (nSPS) is 24.7. The van der Waals surface area contributed by atoms with Gasteiger partial charge in [0.05, 0.1) is 11.1 Å². The molecular formula is C26H31F2N5O. The Labute approximate surface area is 198 Å². The first-order valence-electron chi connectivity index (χ1n) is 12.3. The van der Waals surface area contributed by atoms with Gasteiger partial charge in [0.25, 0.3) is 0 Å². The zero-order chi connectivity index (χ0) is 23.9. The number of hydrogen-bond acceptors (Lipinski definition) is 5. The zero-order valence-corrected chi connectivity index (χ0v) is 19.5. The largest absolute Gasteiger partial charge is 0.368 e. The molecular weight excluding hydrogens is 436 g/mol. The molecule has 0 spiro atoms. The van der Waals surface area contributed by atoms with Gasteiger partial charge in [-0.2, -0.15) is 5.26 Å². The summed E-state index contributed by atoms with van der Waals surface area (Å²) in [5, 5.41) is 13.3. The Morgan fingerprint density at radius 1 is 1.18 bits per heavy atom. The van der Waals surface area contributed by atoms with Crippen molar-refractivity contribution in [3.8, 4) is 6.07 Å². The fourth-order valence-electron chi connectivity index (χ4n) is 5.58. The molecule has 0 radical (unpaired) electrons. The van der Waals surface area contributed by atoms with E-state index in [1.165, 1.54) is 12.8 Å². The van der Waals surface area contributed by atoms with Crippen molar-refractivity contribution in [2.75, 3.05) is 31.1 Å². The molecule has 5 rings (SSSR count). The number of hydrogen-bond donors (Lipinski definition) is 1. The van der Waals surface area contributed by atoms with Crippen molar-refractivity contribution in [3.05, 3.63) is 36.0 Å². The van der Waals surface area contributed by atoms with Crippen molar-refractivity contribution >= 4 is 22.5 Å². The second-order valence-corrected chi connectivity index (χ2v) is 10.2.